The number of nitrogens with zero attached hydrogens (tertiary/aromatic N) is 5. The molecule has 0 saturated carbocycles. The smallest absolute Gasteiger partial charge is 0.317 e. The molecule has 0 atom stereocenters. The Labute approximate surface area is 169 Å². The number of hydrogen-bond donors (Lipinski definition) is 1. The van der Waals surface area contributed by atoms with E-state index < -0.39 is 0 Å². The zero-order valence-electron chi connectivity index (χ0n) is 16.8. The van der Waals surface area contributed by atoms with Crippen LogP contribution in [-0.4, -0.2) is 71.4 Å². The van der Waals surface area contributed by atoms with Gasteiger partial charge in [0.25, 0.3) is 0 Å². The molecule has 1 aliphatic heterocycles. The molecule has 0 aliphatic carbocycles. The van der Waals surface area contributed by atoms with Crippen LogP contribution in [0.4, 0.5) is 10.6 Å². The second-order valence-corrected chi connectivity index (χ2v) is 6.53. The van der Waals surface area contributed by atoms with Crippen molar-refractivity contribution in [2.75, 3.05) is 44.2 Å². The van der Waals surface area contributed by atoms with Crippen molar-refractivity contribution in [1.29, 1.82) is 0 Å². The van der Waals surface area contributed by atoms with Gasteiger partial charge in [-0.1, -0.05) is 12.1 Å². The number of carbonyl (C=O) groups excluding carboxylic acids is 2. The molecule has 0 bridgehead atoms. The lowest BCUT2D eigenvalue weighted by Gasteiger charge is -2.35. The number of ether oxygens (including phenoxy) is 1. The quantitative estimate of drug-likeness (QED) is 0.693. The van der Waals surface area contributed by atoms with Gasteiger partial charge in [0.2, 0.25) is 11.7 Å². The SMILES string of the molecule is CCOC(=O)CCNC(=O)N1CCN(c2ccc(-c3noc(CC)n3)cn2)CC1. The molecule has 10 nitrogen and oxygen atoms in total. The summed E-state index contributed by atoms with van der Waals surface area (Å²) in [6.45, 7) is 6.86. The van der Waals surface area contributed by atoms with Crippen LogP contribution in [0.15, 0.2) is 22.9 Å². The first kappa shape index (κ1) is 20.6. The van der Waals surface area contributed by atoms with E-state index in [4.69, 9.17) is 9.26 Å². The van der Waals surface area contributed by atoms with Crippen molar-refractivity contribution in [1.82, 2.24) is 25.3 Å². The van der Waals surface area contributed by atoms with Crippen LogP contribution in [0.3, 0.4) is 0 Å². The highest BCUT2D eigenvalue weighted by atomic mass is 16.5. The molecule has 1 fully saturated rings. The summed E-state index contributed by atoms with van der Waals surface area (Å²) < 4.78 is 9.98. The Morgan fingerprint density at radius 3 is 2.62 bits per heavy atom. The van der Waals surface area contributed by atoms with E-state index in [1.807, 2.05) is 19.1 Å². The van der Waals surface area contributed by atoms with Crippen LogP contribution >= 0.6 is 0 Å². The summed E-state index contributed by atoms with van der Waals surface area (Å²) in [5, 5.41) is 6.71. The number of amides is 2. The van der Waals surface area contributed by atoms with Crippen LogP contribution in [0.2, 0.25) is 0 Å². The molecule has 0 radical (unpaired) electrons. The molecule has 29 heavy (non-hydrogen) atoms. The minimum Gasteiger partial charge on any atom is -0.466 e. The van der Waals surface area contributed by atoms with Crippen LogP contribution in [0, 0.1) is 0 Å². The molecule has 1 aliphatic rings. The normalized spacial score (nSPS) is 14.0. The fourth-order valence-electron chi connectivity index (χ4n) is 2.98. The number of urea groups is 1. The molecule has 2 aromatic heterocycles. The molecule has 1 saturated heterocycles. The second-order valence-electron chi connectivity index (χ2n) is 6.53. The molecule has 3 rings (SSSR count). The van der Waals surface area contributed by atoms with Crippen LogP contribution in [-0.2, 0) is 16.0 Å². The zero-order valence-corrected chi connectivity index (χ0v) is 16.8. The number of anilines is 1. The van der Waals surface area contributed by atoms with E-state index >= 15 is 0 Å². The van der Waals surface area contributed by atoms with Crippen molar-refractivity contribution < 1.29 is 18.8 Å². The third kappa shape index (κ3) is 5.43. The molecule has 0 aromatic carbocycles. The number of piperazine rings is 1. The van der Waals surface area contributed by atoms with Gasteiger partial charge in [0, 0.05) is 50.9 Å². The average Bonchev–Trinajstić information content (AvgIpc) is 3.23. The molecule has 2 aromatic rings. The Balaban J connectivity index is 1.46. The highest BCUT2D eigenvalue weighted by Gasteiger charge is 2.22. The fourth-order valence-corrected chi connectivity index (χ4v) is 2.98. The summed E-state index contributed by atoms with van der Waals surface area (Å²) in [5.74, 6) is 1.67. The van der Waals surface area contributed by atoms with Crippen molar-refractivity contribution in [3.63, 3.8) is 0 Å². The number of aromatic nitrogens is 3. The Morgan fingerprint density at radius 1 is 1.21 bits per heavy atom. The van der Waals surface area contributed by atoms with Gasteiger partial charge in [-0.15, -0.1) is 0 Å². The Kier molecular flexibility index (Phi) is 6.99. The Hall–Kier alpha value is -3.17. The number of rotatable bonds is 7. The summed E-state index contributed by atoms with van der Waals surface area (Å²) in [7, 11) is 0. The maximum absolute atomic E-state index is 12.2. The molecule has 0 spiro atoms. The van der Waals surface area contributed by atoms with Crippen molar-refractivity contribution in [3.05, 3.63) is 24.2 Å². The third-order valence-electron chi connectivity index (χ3n) is 4.58. The van der Waals surface area contributed by atoms with Gasteiger partial charge in [-0.2, -0.15) is 4.98 Å². The minimum absolute atomic E-state index is 0.166. The van der Waals surface area contributed by atoms with Crippen LogP contribution in [0.5, 0.6) is 0 Å². The van der Waals surface area contributed by atoms with Crippen molar-refractivity contribution in [2.45, 2.75) is 26.7 Å². The van der Waals surface area contributed by atoms with Crippen molar-refractivity contribution >= 4 is 17.8 Å². The monoisotopic (exact) mass is 402 g/mol. The summed E-state index contributed by atoms with van der Waals surface area (Å²) in [6, 6.07) is 3.68. The second kappa shape index (κ2) is 9.85. The first-order valence-electron chi connectivity index (χ1n) is 9.83. The zero-order chi connectivity index (χ0) is 20.6. The topological polar surface area (TPSA) is 114 Å². The van der Waals surface area contributed by atoms with Gasteiger partial charge in [0.05, 0.1) is 13.0 Å². The molecular formula is C19H26N6O4. The highest BCUT2D eigenvalue weighted by molar-refractivity contribution is 5.76. The van der Waals surface area contributed by atoms with Crippen molar-refractivity contribution in [3.8, 4) is 11.4 Å². The fraction of sp³-hybridized carbons (Fsp3) is 0.526. The van der Waals surface area contributed by atoms with Crippen LogP contribution in [0.25, 0.3) is 11.4 Å². The summed E-state index contributed by atoms with van der Waals surface area (Å²) >= 11 is 0. The summed E-state index contributed by atoms with van der Waals surface area (Å²) in [4.78, 5) is 36.2. The first-order chi connectivity index (χ1) is 14.1. The van der Waals surface area contributed by atoms with E-state index in [0.717, 1.165) is 11.4 Å². The lowest BCUT2D eigenvalue weighted by Crippen LogP contribution is -2.52. The molecule has 2 amide bonds. The van der Waals surface area contributed by atoms with Gasteiger partial charge in [-0.05, 0) is 19.1 Å². The summed E-state index contributed by atoms with van der Waals surface area (Å²) in [5.41, 5.74) is 0.803. The van der Waals surface area contributed by atoms with Crippen LogP contribution < -0.4 is 10.2 Å². The van der Waals surface area contributed by atoms with Gasteiger partial charge in [-0.3, -0.25) is 4.79 Å². The standard InChI is InChI=1S/C19H26N6O4/c1-3-16-22-18(23-29-16)14-5-6-15(21-13-14)24-9-11-25(12-10-24)19(27)20-8-7-17(26)28-4-2/h5-6,13H,3-4,7-12H2,1-2H3,(H,20,27). The Morgan fingerprint density at radius 2 is 2.00 bits per heavy atom. The van der Waals surface area contributed by atoms with E-state index in [-0.39, 0.29) is 25.0 Å². The van der Waals surface area contributed by atoms with Gasteiger partial charge >= 0.3 is 12.0 Å². The maximum Gasteiger partial charge on any atom is 0.317 e. The highest BCUT2D eigenvalue weighted by Crippen LogP contribution is 2.19. The van der Waals surface area contributed by atoms with E-state index in [1.165, 1.54) is 0 Å². The van der Waals surface area contributed by atoms with Gasteiger partial charge in [0.1, 0.15) is 5.82 Å². The minimum atomic E-state index is -0.307. The number of hydrogen-bond acceptors (Lipinski definition) is 8. The van der Waals surface area contributed by atoms with Gasteiger partial charge in [-0.25, -0.2) is 9.78 Å². The average molecular weight is 402 g/mol. The van der Waals surface area contributed by atoms with Crippen LogP contribution in [0.1, 0.15) is 26.2 Å². The van der Waals surface area contributed by atoms with E-state index in [0.29, 0.717) is 50.9 Å². The van der Waals surface area contributed by atoms with E-state index in [2.05, 4.69) is 25.3 Å². The number of pyridine rings is 1. The molecule has 156 valence electrons. The maximum atomic E-state index is 12.2. The largest absolute Gasteiger partial charge is 0.466 e. The number of carbonyl (C=O) groups is 2. The molecule has 1 N–H and O–H groups in total. The van der Waals surface area contributed by atoms with E-state index in [1.54, 1.807) is 18.0 Å². The number of aryl methyl sites for hydroxylation is 1. The third-order valence-corrected chi connectivity index (χ3v) is 4.58. The lowest BCUT2D eigenvalue weighted by molar-refractivity contribution is -0.142. The molecular weight excluding hydrogens is 376 g/mol. The number of esters is 1. The lowest BCUT2D eigenvalue weighted by atomic mass is 10.2. The first-order valence-corrected chi connectivity index (χ1v) is 9.83. The summed E-state index contributed by atoms with van der Waals surface area (Å²) in [6.07, 6.45) is 2.60. The Bertz CT molecular complexity index is 814. The van der Waals surface area contributed by atoms with Gasteiger partial charge in [0.15, 0.2) is 0 Å². The molecule has 10 heteroatoms. The van der Waals surface area contributed by atoms with Gasteiger partial charge < -0.3 is 24.4 Å². The van der Waals surface area contributed by atoms with E-state index in [9.17, 15) is 9.59 Å². The number of nitrogens with one attached hydrogen (secondary N) is 1. The predicted octanol–water partition coefficient (Wildman–Crippen LogP) is 1.48. The molecule has 3 heterocycles. The molecule has 0 unspecified atom stereocenters. The predicted molar refractivity (Wildman–Crippen MR) is 105 cm³/mol. The van der Waals surface area contributed by atoms with Crippen molar-refractivity contribution in [2.24, 2.45) is 0 Å².